The third-order valence-electron chi connectivity index (χ3n) is 5.82. The van der Waals surface area contributed by atoms with Gasteiger partial charge >= 0.3 is 0 Å². The molecular weight excluding hydrogens is 593 g/mol. The fourth-order valence-electron chi connectivity index (χ4n) is 3.59. The van der Waals surface area contributed by atoms with Crippen LogP contribution in [0.1, 0.15) is 43.1 Å². The van der Waals surface area contributed by atoms with E-state index in [0.717, 1.165) is 10.9 Å². The van der Waals surface area contributed by atoms with Gasteiger partial charge in [0.2, 0.25) is 0 Å². The number of aromatic nitrogens is 2. The number of ether oxygens (including phenoxy) is 2. The van der Waals surface area contributed by atoms with Crippen LogP contribution in [0.15, 0.2) is 73.4 Å². The van der Waals surface area contributed by atoms with E-state index >= 15 is 0 Å². The predicted octanol–water partition coefficient (Wildman–Crippen LogP) is 7.04. The van der Waals surface area contributed by atoms with Crippen LogP contribution in [-0.4, -0.2) is 23.0 Å². The Bertz CT molecular complexity index is 1500. The highest BCUT2D eigenvalue weighted by Crippen LogP contribution is 2.34. The molecule has 4 rings (SSSR count). The molecule has 36 heavy (non-hydrogen) atoms. The van der Waals surface area contributed by atoms with Gasteiger partial charge in [0.15, 0.2) is 11.5 Å². The first-order valence-electron chi connectivity index (χ1n) is 11.3. The van der Waals surface area contributed by atoms with Gasteiger partial charge < -0.3 is 9.47 Å². The minimum atomic E-state index is -0.335. The van der Waals surface area contributed by atoms with Crippen molar-refractivity contribution in [3.8, 4) is 11.5 Å². The van der Waals surface area contributed by atoms with E-state index in [0.29, 0.717) is 43.8 Å². The Balaban J connectivity index is 1.71. The van der Waals surface area contributed by atoms with E-state index in [1.165, 1.54) is 17.9 Å². The molecule has 1 heterocycles. The van der Waals surface area contributed by atoms with Gasteiger partial charge in [-0.15, -0.1) is 0 Å². The van der Waals surface area contributed by atoms with Crippen molar-refractivity contribution in [3.63, 3.8) is 0 Å². The highest BCUT2D eigenvalue weighted by molar-refractivity contribution is 9.10. The highest BCUT2D eigenvalue weighted by Gasteiger charge is 2.16. The quantitative estimate of drug-likeness (QED) is 0.199. The van der Waals surface area contributed by atoms with E-state index in [4.69, 9.17) is 14.5 Å². The number of halogens is 3. The molecule has 186 valence electrons. The summed E-state index contributed by atoms with van der Waals surface area (Å²) in [5.41, 5.74) is 1.49. The summed E-state index contributed by atoms with van der Waals surface area (Å²) in [4.78, 5) is 18.1. The number of methoxy groups -OCH3 is 1. The third kappa shape index (κ3) is 5.52. The zero-order valence-corrected chi connectivity index (χ0v) is 23.1. The molecule has 3 aromatic carbocycles. The fraction of sp³-hybridized carbons (Fsp3) is 0.222. The van der Waals surface area contributed by atoms with Gasteiger partial charge in [-0.1, -0.05) is 48.0 Å². The Hall–Kier alpha value is -3.04. The Morgan fingerprint density at radius 2 is 1.92 bits per heavy atom. The molecule has 0 bridgehead atoms. The molecule has 0 amide bonds. The standard InChI is InChI=1S/C27H24Br2FN3O3/c1-4-16(2)26-32-23-10-9-19(28)12-20(23)27(34)33(26)31-14-18-11-24(35-3)25(13-21(18)29)36-15-17-7-5-6-8-22(17)30/h5-14,16H,4,15H2,1-3H3/t16-/m1/s1. The van der Waals surface area contributed by atoms with Crippen molar-refractivity contribution in [1.29, 1.82) is 0 Å². The summed E-state index contributed by atoms with van der Waals surface area (Å²) in [5.74, 6) is 1.17. The van der Waals surface area contributed by atoms with Crippen LogP contribution in [0, 0.1) is 5.82 Å². The molecule has 0 aliphatic carbocycles. The lowest BCUT2D eigenvalue weighted by molar-refractivity contribution is 0.279. The number of hydrogen-bond donors (Lipinski definition) is 0. The number of benzene rings is 3. The van der Waals surface area contributed by atoms with Crippen LogP contribution in [0.5, 0.6) is 11.5 Å². The predicted molar refractivity (Wildman–Crippen MR) is 147 cm³/mol. The number of rotatable bonds is 8. The molecule has 6 nitrogen and oxygen atoms in total. The molecule has 0 saturated carbocycles. The molecule has 0 fully saturated rings. The van der Waals surface area contributed by atoms with Gasteiger partial charge in [-0.05, 0) is 58.7 Å². The van der Waals surface area contributed by atoms with E-state index in [1.807, 2.05) is 26.0 Å². The summed E-state index contributed by atoms with van der Waals surface area (Å²) in [6.45, 7) is 4.10. The first-order valence-corrected chi connectivity index (χ1v) is 12.9. The molecule has 0 aliphatic rings. The molecule has 0 radical (unpaired) electrons. The molecule has 1 atom stereocenters. The second-order valence-corrected chi connectivity index (χ2v) is 9.98. The molecule has 0 spiro atoms. The number of fused-ring (bicyclic) bond motifs is 1. The third-order valence-corrected chi connectivity index (χ3v) is 7.00. The lowest BCUT2D eigenvalue weighted by Gasteiger charge is -2.15. The van der Waals surface area contributed by atoms with Crippen LogP contribution in [0.25, 0.3) is 10.9 Å². The minimum Gasteiger partial charge on any atom is -0.493 e. The van der Waals surface area contributed by atoms with Crippen molar-refractivity contribution in [2.24, 2.45) is 5.10 Å². The summed E-state index contributed by atoms with van der Waals surface area (Å²) in [7, 11) is 1.52. The summed E-state index contributed by atoms with van der Waals surface area (Å²) >= 11 is 6.97. The molecule has 0 unspecified atom stereocenters. The summed E-state index contributed by atoms with van der Waals surface area (Å²) in [5, 5.41) is 5.00. The van der Waals surface area contributed by atoms with Gasteiger partial charge in [0, 0.05) is 26.0 Å². The second-order valence-electron chi connectivity index (χ2n) is 8.21. The average molecular weight is 617 g/mol. The maximum atomic E-state index is 14.0. The van der Waals surface area contributed by atoms with Crippen molar-refractivity contribution < 1.29 is 13.9 Å². The van der Waals surface area contributed by atoms with Crippen LogP contribution in [-0.2, 0) is 6.61 Å². The minimum absolute atomic E-state index is 0.0232. The summed E-state index contributed by atoms with van der Waals surface area (Å²) in [6, 6.07) is 15.3. The topological polar surface area (TPSA) is 65.7 Å². The SMILES string of the molecule is CC[C@@H](C)c1nc2ccc(Br)cc2c(=O)n1N=Cc1cc(OC)c(OCc2ccccc2F)cc1Br. The summed E-state index contributed by atoms with van der Waals surface area (Å²) in [6.07, 6.45) is 2.38. The fourth-order valence-corrected chi connectivity index (χ4v) is 4.38. The second kappa shape index (κ2) is 11.3. The smallest absolute Gasteiger partial charge is 0.282 e. The van der Waals surface area contributed by atoms with Crippen LogP contribution >= 0.6 is 31.9 Å². The molecule has 4 aromatic rings. The molecule has 0 saturated heterocycles. The van der Waals surface area contributed by atoms with E-state index in [2.05, 4.69) is 37.0 Å². The normalized spacial score (nSPS) is 12.3. The zero-order valence-electron chi connectivity index (χ0n) is 20.0. The van der Waals surface area contributed by atoms with Crippen LogP contribution in [0.4, 0.5) is 4.39 Å². The Kier molecular flexibility index (Phi) is 8.21. The van der Waals surface area contributed by atoms with Crippen molar-refractivity contribution in [3.05, 3.63) is 96.7 Å². The lowest BCUT2D eigenvalue weighted by atomic mass is 10.1. The van der Waals surface area contributed by atoms with Crippen LogP contribution < -0.4 is 15.0 Å². The Labute approximate surface area is 225 Å². The molecule has 1 aromatic heterocycles. The van der Waals surface area contributed by atoms with E-state index in [1.54, 1.807) is 42.6 Å². The van der Waals surface area contributed by atoms with Gasteiger partial charge in [0.25, 0.3) is 5.56 Å². The Morgan fingerprint density at radius 1 is 1.14 bits per heavy atom. The highest BCUT2D eigenvalue weighted by atomic mass is 79.9. The van der Waals surface area contributed by atoms with E-state index in [-0.39, 0.29) is 23.9 Å². The van der Waals surface area contributed by atoms with Gasteiger partial charge in [0.1, 0.15) is 18.2 Å². The zero-order chi connectivity index (χ0) is 25.8. The average Bonchev–Trinajstić information content (AvgIpc) is 2.88. The van der Waals surface area contributed by atoms with Crippen molar-refractivity contribution in [1.82, 2.24) is 9.66 Å². The lowest BCUT2D eigenvalue weighted by Crippen LogP contribution is -2.23. The van der Waals surface area contributed by atoms with Gasteiger partial charge in [-0.25, -0.2) is 9.37 Å². The van der Waals surface area contributed by atoms with Crippen molar-refractivity contribution >= 4 is 49.0 Å². The monoisotopic (exact) mass is 615 g/mol. The Morgan fingerprint density at radius 3 is 2.64 bits per heavy atom. The van der Waals surface area contributed by atoms with Crippen molar-refractivity contribution in [2.45, 2.75) is 32.8 Å². The summed E-state index contributed by atoms with van der Waals surface area (Å²) < 4.78 is 28.1. The molecular formula is C27H24Br2FN3O3. The van der Waals surface area contributed by atoms with Crippen LogP contribution in [0.3, 0.4) is 0 Å². The first-order chi connectivity index (χ1) is 17.3. The van der Waals surface area contributed by atoms with Gasteiger partial charge in [0.05, 0.1) is 24.2 Å². The van der Waals surface area contributed by atoms with E-state index in [9.17, 15) is 9.18 Å². The largest absolute Gasteiger partial charge is 0.493 e. The molecule has 0 N–H and O–H groups in total. The van der Waals surface area contributed by atoms with E-state index < -0.39 is 0 Å². The van der Waals surface area contributed by atoms with Gasteiger partial charge in [-0.2, -0.15) is 9.78 Å². The maximum Gasteiger partial charge on any atom is 0.282 e. The molecule has 9 heteroatoms. The number of nitrogens with zero attached hydrogens (tertiary/aromatic N) is 3. The van der Waals surface area contributed by atoms with Gasteiger partial charge in [-0.3, -0.25) is 4.79 Å². The first kappa shape index (κ1) is 26.0. The van der Waals surface area contributed by atoms with Crippen LogP contribution in [0.2, 0.25) is 0 Å². The number of hydrogen-bond acceptors (Lipinski definition) is 5. The molecule has 0 aliphatic heterocycles. The maximum absolute atomic E-state index is 14.0. The van der Waals surface area contributed by atoms with Crippen molar-refractivity contribution in [2.75, 3.05) is 7.11 Å².